The zero-order valence-electron chi connectivity index (χ0n) is 12.3. The molecular weight excluding hydrogens is 258 g/mol. The lowest BCUT2D eigenvalue weighted by Gasteiger charge is -2.25. The van der Waals surface area contributed by atoms with Crippen LogP contribution < -0.4 is 5.32 Å². The number of nitrogens with one attached hydrogen (secondary N) is 1. The van der Waals surface area contributed by atoms with Crippen LogP contribution in [0.15, 0.2) is 18.2 Å². The third kappa shape index (κ3) is 4.25. The second kappa shape index (κ2) is 7.14. The Morgan fingerprint density at radius 1 is 1.30 bits per heavy atom. The highest BCUT2D eigenvalue weighted by Crippen LogP contribution is 2.20. The number of hydrogen-bond donors (Lipinski definition) is 1. The Kier molecular flexibility index (Phi) is 5.49. The van der Waals surface area contributed by atoms with E-state index in [9.17, 15) is 8.78 Å². The number of hydrogen-bond acceptors (Lipinski definition) is 2. The second-order valence-electron chi connectivity index (χ2n) is 6.07. The predicted octanol–water partition coefficient (Wildman–Crippen LogP) is 3.17. The van der Waals surface area contributed by atoms with Gasteiger partial charge >= 0.3 is 0 Å². The highest BCUT2D eigenvalue weighted by atomic mass is 19.2. The van der Waals surface area contributed by atoms with E-state index < -0.39 is 11.6 Å². The molecule has 20 heavy (non-hydrogen) atoms. The fraction of sp³-hybridized carbons (Fsp3) is 0.625. The van der Waals surface area contributed by atoms with Gasteiger partial charge in [0.2, 0.25) is 0 Å². The largest absolute Gasteiger partial charge is 0.315 e. The summed E-state index contributed by atoms with van der Waals surface area (Å²) >= 11 is 0. The van der Waals surface area contributed by atoms with E-state index in [2.05, 4.69) is 24.1 Å². The van der Waals surface area contributed by atoms with E-state index in [1.54, 1.807) is 6.07 Å². The van der Waals surface area contributed by atoms with Crippen molar-refractivity contribution in [1.82, 2.24) is 10.2 Å². The van der Waals surface area contributed by atoms with Gasteiger partial charge in [0.1, 0.15) is 0 Å². The summed E-state index contributed by atoms with van der Waals surface area (Å²) in [5.41, 5.74) is 0.847. The van der Waals surface area contributed by atoms with E-state index in [4.69, 9.17) is 0 Å². The number of nitrogens with zero attached hydrogens (tertiary/aromatic N) is 1. The highest BCUT2D eigenvalue weighted by molar-refractivity contribution is 5.18. The standard InChI is InChI=1S/C16H24F2N2/c1-12(2)9-19-10-14-4-3-7-20(14)11-13-5-6-15(17)16(18)8-13/h5-6,8,12,14,19H,3-4,7,9-11H2,1-2H3. The molecule has 0 aromatic heterocycles. The zero-order valence-corrected chi connectivity index (χ0v) is 12.3. The second-order valence-corrected chi connectivity index (χ2v) is 6.07. The normalized spacial score (nSPS) is 19.9. The smallest absolute Gasteiger partial charge is 0.159 e. The molecule has 112 valence electrons. The van der Waals surface area contributed by atoms with Crippen molar-refractivity contribution in [2.75, 3.05) is 19.6 Å². The SMILES string of the molecule is CC(C)CNCC1CCCN1Cc1ccc(F)c(F)c1. The fourth-order valence-corrected chi connectivity index (χ4v) is 2.75. The minimum Gasteiger partial charge on any atom is -0.315 e. The summed E-state index contributed by atoms with van der Waals surface area (Å²) in [7, 11) is 0. The van der Waals surface area contributed by atoms with Crippen LogP contribution in [0.1, 0.15) is 32.3 Å². The van der Waals surface area contributed by atoms with Gasteiger partial charge in [-0.05, 0) is 49.5 Å². The van der Waals surface area contributed by atoms with Crippen LogP contribution in [-0.2, 0) is 6.54 Å². The number of rotatable bonds is 6. The molecule has 1 heterocycles. The van der Waals surface area contributed by atoms with E-state index in [1.807, 2.05) is 0 Å². The van der Waals surface area contributed by atoms with Gasteiger partial charge in [0.05, 0.1) is 0 Å². The molecule has 1 N–H and O–H groups in total. The maximum atomic E-state index is 13.2. The topological polar surface area (TPSA) is 15.3 Å². The summed E-state index contributed by atoms with van der Waals surface area (Å²) in [6.07, 6.45) is 2.35. The van der Waals surface area contributed by atoms with E-state index in [-0.39, 0.29) is 0 Å². The van der Waals surface area contributed by atoms with Crippen LogP contribution in [0, 0.1) is 17.6 Å². The maximum absolute atomic E-state index is 13.2. The lowest BCUT2D eigenvalue weighted by molar-refractivity contribution is 0.237. The molecule has 1 aliphatic rings. The highest BCUT2D eigenvalue weighted by Gasteiger charge is 2.24. The van der Waals surface area contributed by atoms with Crippen LogP contribution >= 0.6 is 0 Å². The van der Waals surface area contributed by atoms with Gasteiger partial charge in [-0.25, -0.2) is 8.78 Å². The molecular formula is C16H24F2N2. The molecule has 1 aromatic rings. The average Bonchev–Trinajstić information content (AvgIpc) is 2.81. The Morgan fingerprint density at radius 2 is 2.10 bits per heavy atom. The average molecular weight is 282 g/mol. The third-order valence-corrected chi connectivity index (χ3v) is 3.80. The van der Waals surface area contributed by atoms with Crippen molar-refractivity contribution < 1.29 is 8.78 Å². The van der Waals surface area contributed by atoms with E-state index in [0.717, 1.165) is 25.2 Å². The van der Waals surface area contributed by atoms with Gasteiger partial charge in [0.25, 0.3) is 0 Å². The number of halogens is 2. The first-order valence-electron chi connectivity index (χ1n) is 7.45. The van der Waals surface area contributed by atoms with Crippen molar-refractivity contribution in [2.24, 2.45) is 5.92 Å². The van der Waals surface area contributed by atoms with Crippen molar-refractivity contribution in [3.63, 3.8) is 0 Å². The van der Waals surface area contributed by atoms with Gasteiger partial charge < -0.3 is 5.32 Å². The Labute approximate surface area is 120 Å². The fourth-order valence-electron chi connectivity index (χ4n) is 2.75. The van der Waals surface area contributed by atoms with Crippen LogP contribution in [0.3, 0.4) is 0 Å². The molecule has 1 aliphatic heterocycles. The van der Waals surface area contributed by atoms with Crippen LogP contribution in [0.2, 0.25) is 0 Å². The van der Waals surface area contributed by atoms with Gasteiger partial charge in [-0.3, -0.25) is 4.90 Å². The molecule has 0 spiro atoms. The maximum Gasteiger partial charge on any atom is 0.159 e. The Hall–Kier alpha value is -1.00. The molecule has 0 amide bonds. The third-order valence-electron chi connectivity index (χ3n) is 3.80. The zero-order chi connectivity index (χ0) is 14.5. The quantitative estimate of drug-likeness (QED) is 0.862. The van der Waals surface area contributed by atoms with Crippen LogP contribution in [0.4, 0.5) is 8.78 Å². The molecule has 0 radical (unpaired) electrons. The molecule has 1 atom stereocenters. The van der Waals surface area contributed by atoms with Gasteiger partial charge in [-0.2, -0.15) is 0 Å². The van der Waals surface area contributed by atoms with Gasteiger partial charge in [-0.1, -0.05) is 19.9 Å². The summed E-state index contributed by atoms with van der Waals surface area (Å²) in [6.45, 7) is 8.12. The molecule has 0 bridgehead atoms. The molecule has 4 heteroatoms. The summed E-state index contributed by atoms with van der Waals surface area (Å²) in [6, 6.07) is 4.70. The van der Waals surface area contributed by atoms with Gasteiger partial charge in [0, 0.05) is 19.1 Å². The number of likely N-dealkylation sites (tertiary alicyclic amines) is 1. The van der Waals surface area contributed by atoms with E-state index >= 15 is 0 Å². The van der Waals surface area contributed by atoms with Crippen LogP contribution in [0.5, 0.6) is 0 Å². The molecule has 0 saturated carbocycles. The molecule has 2 rings (SSSR count). The van der Waals surface area contributed by atoms with Crippen molar-refractivity contribution in [1.29, 1.82) is 0 Å². The van der Waals surface area contributed by atoms with Crippen LogP contribution in [0.25, 0.3) is 0 Å². The first kappa shape index (κ1) is 15.4. The Morgan fingerprint density at radius 3 is 2.80 bits per heavy atom. The first-order valence-corrected chi connectivity index (χ1v) is 7.45. The summed E-state index contributed by atoms with van der Waals surface area (Å²) in [4.78, 5) is 2.36. The minimum absolute atomic E-state index is 0.502. The van der Waals surface area contributed by atoms with Gasteiger partial charge in [0.15, 0.2) is 11.6 Å². The summed E-state index contributed by atoms with van der Waals surface area (Å²) in [5, 5.41) is 3.49. The predicted molar refractivity (Wildman–Crippen MR) is 77.5 cm³/mol. The Bertz CT molecular complexity index is 434. The van der Waals surface area contributed by atoms with Crippen molar-refractivity contribution >= 4 is 0 Å². The van der Waals surface area contributed by atoms with Gasteiger partial charge in [-0.15, -0.1) is 0 Å². The lowest BCUT2D eigenvalue weighted by atomic mass is 10.1. The lowest BCUT2D eigenvalue weighted by Crippen LogP contribution is -2.38. The molecule has 1 fully saturated rings. The van der Waals surface area contributed by atoms with Crippen molar-refractivity contribution in [2.45, 2.75) is 39.3 Å². The first-order chi connectivity index (χ1) is 9.56. The Balaban J connectivity index is 1.88. The van der Waals surface area contributed by atoms with Crippen molar-refractivity contribution in [3.05, 3.63) is 35.4 Å². The minimum atomic E-state index is -0.773. The summed E-state index contributed by atoms with van der Waals surface area (Å²) < 4.78 is 26.2. The molecule has 1 unspecified atom stereocenters. The molecule has 1 aromatic carbocycles. The molecule has 2 nitrogen and oxygen atoms in total. The molecule has 1 saturated heterocycles. The molecule has 0 aliphatic carbocycles. The monoisotopic (exact) mass is 282 g/mol. The van der Waals surface area contributed by atoms with Crippen molar-refractivity contribution in [3.8, 4) is 0 Å². The van der Waals surface area contributed by atoms with Crippen LogP contribution in [-0.4, -0.2) is 30.6 Å². The summed E-state index contributed by atoms with van der Waals surface area (Å²) in [5.74, 6) is -0.877. The number of benzene rings is 1. The van der Waals surface area contributed by atoms with E-state index in [0.29, 0.717) is 18.5 Å². The van der Waals surface area contributed by atoms with E-state index in [1.165, 1.54) is 25.0 Å².